The van der Waals surface area contributed by atoms with E-state index in [4.69, 9.17) is 25.8 Å². The quantitative estimate of drug-likeness (QED) is 0.295. The third-order valence-electron chi connectivity index (χ3n) is 5.14. The normalized spacial score (nSPS) is 12.6. The van der Waals surface area contributed by atoms with Crippen LogP contribution in [-0.2, 0) is 20.9 Å². The topological polar surface area (TPSA) is 155 Å². The maximum Gasteiger partial charge on any atom is 0.311 e. The van der Waals surface area contributed by atoms with Crippen LogP contribution in [0, 0.1) is 12.8 Å². The van der Waals surface area contributed by atoms with Gasteiger partial charge in [-0.1, -0.05) is 11.6 Å². The zero-order valence-corrected chi connectivity index (χ0v) is 23.8. The van der Waals surface area contributed by atoms with Crippen molar-refractivity contribution in [1.29, 1.82) is 0 Å². The predicted octanol–water partition coefficient (Wildman–Crippen LogP) is 3.55. The van der Waals surface area contributed by atoms with Crippen molar-refractivity contribution < 1.29 is 33.7 Å². The molecule has 3 aromatic heterocycles. The van der Waals surface area contributed by atoms with Crippen molar-refractivity contribution in [2.24, 2.45) is 10.9 Å². The number of halogens is 1. The van der Waals surface area contributed by atoms with Gasteiger partial charge in [-0.3, -0.25) is 19.4 Å². The van der Waals surface area contributed by atoms with Gasteiger partial charge in [0.1, 0.15) is 16.5 Å². The SMILES string of the molecule is COc1nn(CC(CC(=O)O)C(=O)OC(C)(C)C)/c(=N/C(=O)c2cnc(C)cc2-c2cc(Cl)ncc2OC)s1. The lowest BCUT2D eigenvalue weighted by Gasteiger charge is -2.23. The van der Waals surface area contributed by atoms with Crippen LogP contribution in [0.2, 0.25) is 5.15 Å². The Hall–Kier alpha value is -3.84. The van der Waals surface area contributed by atoms with Crippen LogP contribution in [0.4, 0.5) is 0 Å². The van der Waals surface area contributed by atoms with E-state index in [1.54, 1.807) is 39.8 Å². The minimum atomic E-state index is -1.19. The number of aliphatic carboxylic acids is 1. The molecule has 0 aliphatic rings. The highest BCUT2D eigenvalue weighted by molar-refractivity contribution is 7.10. The van der Waals surface area contributed by atoms with Gasteiger partial charge in [0.2, 0.25) is 4.80 Å². The zero-order valence-electron chi connectivity index (χ0n) is 22.2. The summed E-state index contributed by atoms with van der Waals surface area (Å²) in [5.74, 6) is -3.28. The van der Waals surface area contributed by atoms with Crippen molar-refractivity contribution in [3.05, 3.63) is 45.7 Å². The Bertz CT molecular complexity index is 1460. The number of nitrogens with zero attached hydrogens (tertiary/aromatic N) is 5. The third kappa shape index (κ3) is 7.83. The summed E-state index contributed by atoms with van der Waals surface area (Å²) < 4.78 is 17.3. The molecular weight excluding hydrogens is 550 g/mol. The molecule has 0 saturated heterocycles. The molecule has 0 bridgehead atoms. The van der Waals surface area contributed by atoms with E-state index in [9.17, 15) is 19.5 Å². The minimum absolute atomic E-state index is 0.0852. The number of hydrogen-bond donors (Lipinski definition) is 1. The molecule has 0 aliphatic heterocycles. The highest BCUT2D eigenvalue weighted by Crippen LogP contribution is 2.34. The van der Waals surface area contributed by atoms with Crippen LogP contribution in [0.3, 0.4) is 0 Å². The Morgan fingerprint density at radius 2 is 1.85 bits per heavy atom. The van der Waals surface area contributed by atoms with Gasteiger partial charge < -0.3 is 19.3 Å². The molecule has 0 aromatic carbocycles. The number of aryl methyl sites for hydroxylation is 1. The summed E-state index contributed by atoms with van der Waals surface area (Å²) in [6.07, 6.45) is 2.32. The van der Waals surface area contributed by atoms with Gasteiger partial charge in [0.15, 0.2) is 0 Å². The Labute approximate surface area is 233 Å². The Kier molecular flexibility index (Phi) is 9.41. The van der Waals surface area contributed by atoms with E-state index in [0.29, 0.717) is 22.6 Å². The number of amides is 1. The van der Waals surface area contributed by atoms with E-state index in [-0.39, 0.29) is 27.3 Å². The summed E-state index contributed by atoms with van der Waals surface area (Å²) in [5.41, 5.74) is 0.947. The van der Waals surface area contributed by atoms with E-state index >= 15 is 0 Å². The van der Waals surface area contributed by atoms with Gasteiger partial charge in [-0.25, -0.2) is 9.67 Å². The summed E-state index contributed by atoms with van der Waals surface area (Å²) in [6.45, 7) is 6.60. The lowest BCUT2D eigenvalue weighted by Crippen LogP contribution is -2.34. The van der Waals surface area contributed by atoms with Gasteiger partial charge in [-0.05, 0) is 51.2 Å². The number of pyridine rings is 2. The highest BCUT2D eigenvalue weighted by Gasteiger charge is 2.29. The minimum Gasteiger partial charge on any atom is -0.494 e. The van der Waals surface area contributed by atoms with Crippen molar-refractivity contribution in [2.75, 3.05) is 14.2 Å². The second-order valence-electron chi connectivity index (χ2n) is 9.36. The van der Waals surface area contributed by atoms with Crippen LogP contribution in [0.1, 0.15) is 43.2 Å². The van der Waals surface area contributed by atoms with Crippen LogP contribution in [0.25, 0.3) is 11.1 Å². The zero-order chi connectivity index (χ0) is 28.9. The summed E-state index contributed by atoms with van der Waals surface area (Å²) in [4.78, 5) is 50.3. The molecule has 3 rings (SSSR count). The van der Waals surface area contributed by atoms with Crippen LogP contribution in [0.15, 0.2) is 29.5 Å². The number of rotatable bonds is 9. The molecule has 12 nitrogen and oxygen atoms in total. The number of carbonyl (C=O) groups excluding carboxylic acids is 2. The molecule has 3 aromatic rings. The Morgan fingerprint density at radius 1 is 1.13 bits per heavy atom. The second kappa shape index (κ2) is 12.3. The fraction of sp³-hybridized carbons (Fsp3) is 0.400. The van der Waals surface area contributed by atoms with Gasteiger partial charge in [0.25, 0.3) is 11.1 Å². The van der Waals surface area contributed by atoms with E-state index in [1.807, 2.05) is 0 Å². The first-order valence-electron chi connectivity index (χ1n) is 11.6. The molecule has 14 heteroatoms. The molecule has 0 fully saturated rings. The molecule has 39 heavy (non-hydrogen) atoms. The number of methoxy groups -OCH3 is 2. The first-order chi connectivity index (χ1) is 18.3. The van der Waals surface area contributed by atoms with Crippen LogP contribution < -0.4 is 14.3 Å². The van der Waals surface area contributed by atoms with E-state index < -0.39 is 35.8 Å². The van der Waals surface area contributed by atoms with Crippen LogP contribution in [0.5, 0.6) is 10.9 Å². The number of carboxylic acid groups (broad SMARTS) is 1. The van der Waals surface area contributed by atoms with Gasteiger partial charge >= 0.3 is 11.9 Å². The highest BCUT2D eigenvalue weighted by atomic mass is 35.5. The Morgan fingerprint density at radius 3 is 2.46 bits per heavy atom. The fourth-order valence-electron chi connectivity index (χ4n) is 3.49. The lowest BCUT2D eigenvalue weighted by atomic mass is 10.0. The fourth-order valence-corrected chi connectivity index (χ4v) is 4.38. The number of hydrogen-bond acceptors (Lipinski definition) is 10. The Balaban J connectivity index is 2.08. The van der Waals surface area contributed by atoms with E-state index in [1.165, 1.54) is 31.3 Å². The third-order valence-corrected chi connectivity index (χ3v) is 6.26. The molecule has 1 atom stereocenters. The molecule has 3 heterocycles. The molecule has 1 amide bonds. The van der Waals surface area contributed by atoms with Crippen molar-refractivity contribution in [3.8, 4) is 22.1 Å². The number of carbonyl (C=O) groups is 3. The number of carboxylic acids is 1. The first-order valence-corrected chi connectivity index (χ1v) is 12.8. The van der Waals surface area contributed by atoms with Crippen molar-refractivity contribution in [1.82, 2.24) is 19.7 Å². The molecular formula is C25H28ClN5O7S. The van der Waals surface area contributed by atoms with E-state index in [0.717, 1.165) is 11.3 Å². The van der Waals surface area contributed by atoms with Gasteiger partial charge in [-0.2, -0.15) is 4.99 Å². The van der Waals surface area contributed by atoms with Crippen molar-refractivity contribution in [2.45, 2.75) is 46.3 Å². The first kappa shape index (κ1) is 29.7. The molecule has 1 N–H and O–H groups in total. The molecule has 0 saturated carbocycles. The lowest BCUT2D eigenvalue weighted by molar-refractivity contribution is -0.163. The standard InChI is InChI=1S/C25H28ClN5O7S/c1-13-7-15(16-9-19(26)28-11-18(16)36-5)17(10-27-13)21(34)29-23-31(30-24(37-6)39-23)12-14(8-20(32)33)22(35)38-25(2,3)4/h7,9-11,14H,8,12H2,1-6H3,(H,32,33)/b29-23-. The summed E-state index contributed by atoms with van der Waals surface area (Å²) in [7, 11) is 2.86. The van der Waals surface area contributed by atoms with Crippen molar-refractivity contribution in [3.63, 3.8) is 0 Å². The van der Waals surface area contributed by atoms with Crippen LogP contribution in [-0.4, -0.2) is 62.5 Å². The van der Waals surface area contributed by atoms with Gasteiger partial charge in [0, 0.05) is 23.0 Å². The molecule has 0 spiro atoms. The second-order valence-corrected chi connectivity index (χ2v) is 10.7. The van der Waals surface area contributed by atoms with Gasteiger partial charge in [-0.15, -0.1) is 5.10 Å². The maximum atomic E-state index is 13.5. The number of ether oxygens (including phenoxy) is 3. The maximum absolute atomic E-state index is 13.5. The largest absolute Gasteiger partial charge is 0.494 e. The summed E-state index contributed by atoms with van der Waals surface area (Å²) in [6, 6.07) is 3.27. The monoisotopic (exact) mass is 577 g/mol. The van der Waals surface area contributed by atoms with Crippen LogP contribution >= 0.6 is 22.9 Å². The number of aromatic nitrogens is 4. The average Bonchev–Trinajstić information content (AvgIpc) is 3.23. The van der Waals surface area contributed by atoms with E-state index in [2.05, 4.69) is 20.1 Å². The number of esters is 1. The molecule has 208 valence electrons. The molecule has 0 radical (unpaired) electrons. The molecule has 0 aliphatic carbocycles. The van der Waals surface area contributed by atoms with Gasteiger partial charge in [0.05, 0.1) is 44.9 Å². The van der Waals surface area contributed by atoms with Crippen molar-refractivity contribution >= 4 is 40.8 Å². The predicted molar refractivity (Wildman–Crippen MR) is 142 cm³/mol. The smallest absolute Gasteiger partial charge is 0.311 e. The summed E-state index contributed by atoms with van der Waals surface area (Å²) >= 11 is 7.07. The molecule has 1 unspecified atom stereocenters. The summed E-state index contributed by atoms with van der Waals surface area (Å²) in [5, 5.41) is 14.0. The average molecular weight is 578 g/mol.